The van der Waals surface area contributed by atoms with Crippen molar-refractivity contribution < 1.29 is 10.2 Å². The molecule has 0 radical (unpaired) electrons. The summed E-state index contributed by atoms with van der Waals surface area (Å²) in [6.07, 6.45) is 1.14. The largest absolute Gasteiger partial charge is 0.394 e. The molecule has 3 heteroatoms. The lowest BCUT2D eigenvalue weighted by Gasteiger charge is -2.18. The van der Waals surface area contributed by atoms with Crippen molar-refractivity contribution in [2.24, 2.45) is 0 Å². The molecule has 0 rings (SSSR count). The van der Waals surface area contributed by atoms with Gasteiger partial charge in [0, 0.05) is 0 Å². The Morgan fingerprint density at radius 2 is 1.83 bits per heavy atom. The minimum absolute atomic E-state index is 0.113. The topological polar surface area (TPSA) is 43.7 Å². The number of aliphatic hydroxyl groups excluding tert-OH is 2. The molecule has 0 aliphatic carbocycles. The first-order valence-electron chi connectivity index (χ1n) is 4.75. The zero-order valence-electron chi connectivity index (χ0n) is 8.16. The van der Waals surface area contributed by atoms with E-state index in [2.05, 4.69) is 18.7 Å². The molecule has 0 aromatic rings. The quantitative estimate of drug-likeness (QED) is 0.591. The van der Waals surface area contributed by atoms with Gasteiger partial charge in [-0.15, -0.1) is 0 Å². The summed E-state index contributed by atoms with van der Waals surface area (Å²) in [6.45, 7) is 7.29. The summed E-state index contributed by atoms with van der Waals surface area (Å²) in [4.78, 5) is 2.31. The average molecular weight is 175 g/mol. The Labute approximate surface area is 75.0 Å². The molecule has 2 N–H and O–H groups in total. The van der Waals surface area contributed by atoms with Gasteiger partial charge < -0.3 is 15.1 Å². The molecule has 0 spiro atoms. The minimum Gasteiger partial charge on any atom is -0.394 e. The van der Waals surface area contributed by atoms with Gasteiger partial charge in [0.25, 0.3) is 0 Å². The Morgan fingerprint density at radius 1 is 1.25 bits per heavy atom. The number of rotatable bonds is 7. The van der Waals surface area contributed by atoms with Crippen LogP contribution in [-0.4, -0.2) is 47.5 Å². The fraction of sp³-hybridized carbons (Fsp3) is 1.00. The van der Waals surface area contributed by atoms with E-state index in [0.717, 1.165) is 26.1 Å². The van der Waals surface area contributed by atoms with Crippen LogP contribution in [0, 0.1) is 0 Å². The van der Waals surface area contributed by atoms with Gasteiger partial charge in [-0.3, -0.25) is 0 Å². The molecule has 12 heavy (non-hydrogen) atoms. The molecule has 0 heterocycles. The fourth-order valence-corrected chi connectivity index (χ4v) is 1.18. The van der Waals surface area contributed by atoms with Crippen LogP contribution in [0.4, 0.5) is 0 Å². The van der Waals surface area contributed by atoms with Gasteiger partial charge in [0.1, 0.15) is 0 Å². The highest BCUT2D eigenvalue weighted by Gasteiger charge is 2.03. The Bertz CT molecular complexity index is 94.5. The zero-order chi connectivity index (χ0) is 9.40. The molecule has 0 aliphatic rings. The third-order valence-electron chi connectivity index (χ3n) is 2.12. The molecule has 0 saturated carbocycles. The van der Waals surface area contributed by atoms with Crippen molar-refractivity contribution in [3.63, 3.8) is 0 Å². The van der Waals surface area contributed by atoms with Crippen LogP contribution < -0.4 is 0 Å². The summed E-state index contributed by atoms with van der Waals surface area (Å²) in [6, 6.07) is 0. The van der Waals surface area contributed by atoms with Crippen LogP contribution in [-0.2, 0) is 0 Å². The van der Waals surface area contributed by atoms with Crippen molar-refractivity contribution in [1.82, 2.24) is 4.90 Å². The van der Waals surface area contributed by atoms with Crippen molar-refractivity contribution in [3.8, 4) is 0 Å². The highest BCUT2D eigenvalue weighted by atomic mass is 16.3. The van der Waals surface area contributed by atoms with Crippen LogP contribution in [0.5, 0.6) is 0 Å². The van der Waals surface area contributed by atoms with Gasteiger partial charge in [0.15, 0.2) is 0 Å². The maximum absolute atomic E-state index is 9.05. The maximum atomic E-state index is 9.05. The lowest BCUT2D eigenvalue weighted by Crippen LogP contribution is -2.25. The van der Waals surface area contributed by atoms with E-state index < -0.39 is 6.10 Å². The fourth-order valence-electron chi connectivity index (χ4n) is 1.18. The second-order valence-corrected chi connectivity index (χ2v) is 3.01. The summed E-state index contributed by atoms with van der Waals surface area (Å²) in [5.41, 5.74) is 0. The summed E-state index contributed by atoms with van der Waals surface area (Å²) >= 11 is 0. The predicted molar refractivity (Wildman–Crippen MR) is 50.1 cm³/mol. The Kier molecular flexibility index (Phi) is 7.45. The summed E-state index contributed by atoms with van der Waals surface area (Å²) in [7, 11) is 0. The van der Waals surface area contributed by atoms with E-state index in [9.17, 15) is 0 Å². The average Bonchev–Trinajstić information content (AvgIpc) is 2.12. The highest BCUT2D eigenvalue weighted by Crippen LogP contribution is 1.98. The van der Waals surface area contributed by atoms with Crippen LogP contribution in [0.3, 0.4) is 0 Å². The molecule has 0 bridgehead atoms. The molecule has 3 nitrogen and oxygen atoms in total. The maximum Gasteiger partial charge on any atom is 0.0771 e. The first kappa shape index (κ1) is 11.9. The van der Waals surface area contributed by atoms with Crippen molar-refractivity contribution >= 4 is 0 Å². The lowest BCUT2D eigenvalue weighted by molar-refractivity contribution is 0.0837. The smallest absolute Gasteiger partial charge is 0.0771 e. The van der Waals surface area contributed by atoms with Gasteiger partial charge in [-0.05, 0) is 32.5 Å². The molecular formula is C9H21NO2. The third kappa shape index (κ3) is 5.52. The third-order valence-corrected chi connectivity index (χ3v) is 2.12. The first-order chi connectivity index (χ1) is 5.74. The second-order valence-electron chi connectivity index (χ2n) is 3.01. The van der Waals surface area contributed by atoms with Gasteiger partial charge in [0.2, 0.25) is 0 Å². The summed E-state index contributed by atoms with van der Waals surface area (Å²) in [5, 5.41) is 17.6. The van der Waals surface area contributed by atoms with Crippen LogP contribution in [0.2, 0.25) is 0 Å². The lowest BCUT2D eigenvalue weighted by atomic mass is 10.2. The van der Waals surface area contributed by atoms with Crippen LogP contribution in [0.25, 0.3) is 0 Å². The Balaban J connectivity index is 3.28. The van der Waals surface area contributed by atoms with E-state index in [0.29, 0.717) is 6.42 Å². The van der Waals surface area contributed by atoms with Crippen molar-refractivity contribution in [2.75, 3.05) is 26.2 Å². The van der Waals surface area contributed by atoms with Gasteiger partial charge in [-0.2, -0.15) is 0 Å². The second kappa shape index (κ2) is 7.53. The minimum atomic E-state index is -0.527. The molecule has 0 fully saturated rings. The molecule has 1 atom stereocenters. The molecule has 0 aliphatic heterocycles. The van der Waals surface area contributed by atoms with Crippen molar-refractivity contribution in [1.29, 1.82) is 0 Å². The van der Waals surface area contributed by atoms with Crippen LogP contribution in [0.1, 0.15) is 26.7 Å². The number of hydrogen-bond acceptors (Lipinski definition) is 3. The van der Waals surface area contributed by atoms with Gasteiger partial charge in [-0.25, -0.2) is 0 Å². The number of aliphatic hydroxyl groups is 2. The van der Waals surface area contributed by atoms with Gasteiger partial charge in [-0.1, -0.05) is 13.8 Å². The van der Waals surface area contributed by atoms with E-state index >= 15 is 0 Å². The summed E-state index contributed by atoms with van der Waals surface area (Å²) in [5.74, 6) is 0. The molecule has 0 aromatic carbocycles. The molecule has 74 valence electrons. The number of nitrogens with zero attached hydrogens (tertiary/aromatic N) is 1. The molecule has 1 unspecified atom stereocenters. The normalized spacial score (nSPS) is 13.8. The van der Waals surface area contributed by atoms with E-state index in [1.807, 2.05) is 0 Å². The molecule has 0 amide bonds. The number of hydrogen-bond donors (Lipinski definition) is 2. The van der Waals surface area contributed by atoms with Crippen LogP contribution in [0.15, 0.2) is 0 Å². The Hall–Kier alpha value is -0.120. The SMILES string of the molecule is CCN(CC)CCCC(O)CO. The van der Waals surface area contributed by atoms with E-state index in [1.54, 1.807) is 0 Å². The Morgan fingerprint density at radius 3 is 2.25 bits per heavy atom. The van der Waals surface area contributed by atoms with E-state index in [1.165, 1.54) is 0 Å². The summed E-state index contributed by atoms with van der Waals surface area (Å²) < 4.78 is 0. The van der Waals surface area contributed by atoms with Crippen LogP contribution >= 0.6 is 0 Å². The molecule has 0 aromatic heterocycles. The zero-order valence-corrected chi connectivity index (χ0v) is 8.16. The predicted octanol–water partition coefficient (Wildman–Crippen LogP) is 0.462. The first-order valence-corrected chi connectivity index (χ1v) is 4.75. The highest BCUT2D eigenvalue weighted by molar-refractivity contribution is 4.57. The van der Waals surface area contributed by atoms with Crippen molar-refractivity contribution in [2.45, 2.75) is 32.8 Å². The van der Waals surface area contributed by atoms with Crippen molar-refractivity contribution in [3.05, 3.63) is 0 Å². The van der Waals surface area contributed by atoms with Gasteiger partial charge >= 0.3 is 0 Å². The molecule has 0 saturated heterocycles. The van der Waals surface area contributed by atoms with E-state index in [4.69, 9.17) is 10.2 Å². The van der Waals surface area contributed by atoms with Gasteiger partial charge in [0.05, 0.1) is 12.7 Å². The molecular weight excluding hydrogens is 154 g/mol. The standard InChI is InChI=1S/C9H21NO2/c1-3-10(4-2)7-5-6-9(12)8-11/h9,11-12H,3-8H2,1-2H3. The van der Waals surface area contributed by atoms with E-state index in [-0.39, 0.29) is 6.61 Å². The monoisotopic (exact) mass is 175 g/mol.